The van der Waals surface area contributed by atoms with Crippen molar-refractivity contribution in [2.45, 2.75) is 71.3 Å². The number of rotatable bonds is 5. The minimum atomic E-state index is -1.09. The average Bonchev–Trinajstić information content (AvgIpc) is 3.01. The van der Waals surface area contributed by atoms with Crippen LogP contribution in [0.2, 0.25) is 0 Å². The Balaban J connectivity index is 1.41. The molecule has 0 saturated heterocycles. The zero-order valence-corrected chi connectivity index (χ0v) is 18.0. The van der Waals surface area contributed by atoms with Crippen molar-refractivity contribution in [2.24, 2.45) is 33.7 Å². The van der Waals surface area contributed by atoms with Gasteiger partial charge in [-0.15, -0.1) is 0 Å². The number of hydrogen-bond donors (Lipinski definition) is 3. The Hall–Kier alpha value is -1.89. The molecule has 0 spiro atoms. The van der Waals surface area contributed by atoms with Gasteiger partial charge in [-0.25, -0.2) is 0 Å². The van der Waals surface area contributed by atoms with E-state index in [2.05, 4.69) is 30.4 Å². The molecular formula is C23H34N2O5. The van der Waals surface area contributed by atoms with Gasteiger partial charge in [0.1, 0.15) is 6.54 Å². The minimum Gasteiger partial charge on any atom is -0.480 e. The molecule has 4 rings (SSSR count). The van der Waals surface area contributed by atoms with E-state index in [1.165, 1.54) is 24.8 Å². The first-order valence-corrected chi connectivity index (χ1v) is 11.3. The number of aliphatic hydroxyl groups is 1. The van der Waals surface area contributed by atoms with Crippen LogP contribution in [-0.2, 0) is 14.4 Å². The summed E-state index contributed by atoms with van der Waals surface area (Å²) in [5.74, 6) is 0.449. The Kier molecular flexibility index (Phi) is 5.68. The van der Waals surface area contributed by atoms with Crippen LogP contribution < -0.4 is 5.32 Å². The summed E-state index contributed by atoms with van der Waals surface area (Å²) in [5, 5.41) is 25.6. The van der Waals surface area contributed by atoms with E-state index < -0.39 is 18.4 Å². The molecule has 7 nitrogen and oxygen atoms in total. The summed E-state index contributed by atoms with van der Waals surface area (Å²) in [5.41, 5.74) is 2.61. The van der Waals surface area contributed by atoms with Crippen molar-refractivity contribution >= 4 is 17.6 Å². The second-order valence-electron chi connectivity index (χ2n) is 10.2. The second-order valence-corrected chi connectivity index (χ2v) is 10.2. The van der Waals surface area contributed by atoms with Gasteiger partial charge >= 0.3 is 5.97 Å². The lowest BCUT2D eigenvalue weighted by molar-refractivity contribution is -0.138. The maximum Gasteiger partial charge on any atom is 0.322 e. The summed E-state index contributed by atoms with van der Waals surface area (Å²) in [7, 11) is 0. The van der Waals surface area contributed by atoms with Crippen LogP contribution in [0.1, 0.15) is 65.2 Å². The van der Waals surface area contributed by atoms with Gasteiger partial charge in [-0.3, -0.25) is 9.59 Å². The Bertz CT molecular complexity index is 778. The van der Waals surface area contributed by atoms with Gasteiger partial charge in [0, 0.05) is 0 Å². The lowest BCUT2D eigenvalue weighted by atomic mass is 9.47. The first kappa shape index (κ1) is 21.3. The van der Waals surface area contributed by atoms with Crippen molar-refractivity contribution in [3.05, 3.63) is 11.6 Å². The van der Waals surface area contributed by atoms with Gasteiger partial charge in [-0.2, -0.15) is 0 Å². The fourth-order valence-corrected chi connectivity index (χ4v) is 7.01. The molecule has 4 aliphatic carbocycles. The Morgan fingerprint density at radius 2 is 1.97 bits per heavy atom. The van der Waals surface area contributed by atoms with E-state index in [1.54, 1.807) is 0 Å². The van der Waals surface area contributed by atoms with Gasteiger partial charge < -0.3 is 20.4 Å². The Morgan fingerprint density at radius 1 is 1.17 bits per heavy atom. The fourth-order valence-electron chi connectivity index (χ4n) is 7.01. The van der Waals surface area contributed by atoms with E-state index in [9.17, 15) is 14.7 Å². The number of amides is 1. The summed E-state index contributed by atoms with van der Waals surface area (Å²) < 4.78 is 0. The molecule has 166 valence electrons. The van der Waals surface area contributed by atoms with E-state index in [4.69, 9.17) is 9.94 Å². The van der Waals surface area contributed by atoms with Crippen LogP contribution in [0.5, 0.6) is 0 Å². The number of fused-ring (bicyclic) bond motifs is 5. The van der Waals surface area contributed by atoms with Crippen LogP contribution in [0.15, 0.2) is 16.8 Å². The lowest BCUT2D eigenvalue weighted by Gasteiger charge is -2.57. The number of allylic oxidation sites excluding steroid dienone is 2. The molecule has 3 fully saturated rings. The number of aliphatic carboxylic acids is 1. The number of aliphatic hydroxyl groups excluding tert-OH is 1. The molecule has 4 aliphatic rings. The number of carboxylic acid groups (broad SMARTS) is 1. The van der Waals surface area contributed by atoms with Gasteiger partial charge in [-0.1, -0.05) is 24.6 Å². The van der Waals surface area contributed by atoms with E-state index in [0.717, 1.165) is 37.8 Å². The molecule has 0 aromatic rings. The highest BCUT2D eigenvalue weighted by Crippen LogP contribution is 2.65. The summed E-state index contributed by atoms with van der Waals surface area (Å²) in [6, 6.07) is 0. The summed E-state index contributed by atoms with van der Waals surface area (Å²) in [4.78, 5) is 27.2. The van der Waals surface area contributed by atoms with E-state index in [1.807, 2.05) is 0 Å². The lowest BCUT2D eigenvalue weighted by Crippen LogP contribution is -2.51. The standard InChI is InChI=1S/C23H34N2O5/c1-22-9-7-15(25-30-13-20(27)24-12-21(28)29)11-14(22)3-4-16-17-5-6-19(26)23(17,2)10-8-18(16)22/h11,16-19,26H,3-10,12-13H2,1-2H3,(H,24,27)(H,28,29)/b25-15-/t16-,17-,18-,19+,22-,23-/m0/s1. The predicted octanol–water partition coefficient (Wildman–Crippen LogP) is 2.88. The fraction of sp³-hybridized carbons (Fsp3) is 0.783. The minimum absolute atomic E-state index is 0.106. The maximum absolute atomic E-state index is 11.6. The Morgan fingerprint density at radius 3 is 2.73 bits per heavy atom. The SMILES string of the molecule is C[C@]12CC[C@H]3[C@@H](CCC4=C/C(=N\OCC(=O)NCC(=O)O)CC[C@@]43C)[C@@H]1CC[C@H]2O. The molecule has 7 heteroatoms. The number of hydrogen-bond acceptors (Lipinski definition) is 5. The first-order valence-electron chi connectivity index (χ1n) is 11.3. The van der Waals surface area contributed by atoms with Gasteiger partial charge in [0.25, 0.3) is 5.91 Å². The highest BCUT2D eigenvalue weighted by Gasteiger charge is 2.58. The van der Waals surface area contributed by atoms with E-state index in [0.29, 0.717) is 17.8 Å². The van der Waals surface area contributed by atoms with Gasteiger partial charge in [-0.05, 0) is 86.0 Å². The topological polar surface area (TPSA) is 108 Å². The smallest absolute Gasteiger partial charge is 0.322 e. The number of carbonyl (C=O) groups is 2. The highest BCUT2D eigenvalue weighted by molar-refractivity contribution is 5.96. The maximum atomic E-state index is 11.6. The van der Waals surface area contributed by atoms with Crippen molar-refractivity contribution in [1.29, 1.82) is 0 Å². The van der Waals surface area contributed by atoms with Crippen LogP contribution >= 0.6 is 0 Å². The molecule has 0 aromatic carbocycles. The highest BCUT2D eigenvalue weighted by atomic mass is 16.6. The molecule has 0 aromatic heterocycles. The number of oxime groups is 1. The van der Waals surface area contributed by atoms with Gasteiger partial charge in [0.2, 0.25) is 0 Å². The van der Waals surface area contributed by atoms with Crippen LogP contribution in [0, 0.1) is 28.6 Å². The summed E-state index contributed by atoms with van der Waals surface area (Å²) in [6.45, 7) is 4.04. The molecule has 0 heterocycles. The van der Waals surface area contributed by atoms with Crippen LogP contribution in [0.4, 0.5) is 0 Å². The van der Waals surface area contributed by atoms with E-state index >= 15 is 0 Å². The largest absolute Gasteiger partial charge is 0.480 e. The molecule has 30 heavy (non-hydrogen) atoms. The molecule has 0 unspecified atom stereocenters. The second kappa shape index (κ2) is 7.98. The van der Waals surface area contributed by atoms with Gasteiger partial charge in [0.15, 0.2) is 6.61 Å². The van der Waals surface area contributed by atoms with Crippen molar-refractivity contribution in [3.63, 3.8) is 0 Å². The van der Waals surface area contributed by atoms with E-state index in [-0.39, 0.29) is 23.5 Å². The monoisotopic (exact) mass is 418 g/mol. The summed E-state index contributed by atoms with van der Waals surface area (Å²) >= 11 is 0. The van der Waals surface area contributed by atoms with Crippen LogP contribution in [-0.4, -0.2) is 47.1 Å². The molecule has 3 saturated carbocycles. The third kappa shape index (κ3) is 3.66. The molecule has 0 aliphatic heterocycles. The molecular weight excluding hydrogens is 384 g/mol. The third-order valence-corrected chi connectivity index (χ3v) is 8.74. The molecule has 0 bridgehead atoms. The quantitative estimate of drug-likeness (QED) is 0.595. The van der Waals surface area contributed by atoms with Crippen molar-refractivity contribution in [1.82, 2.24) is 5.32 Å². The van der Waals surface area contributed by atoms with Crippen LogP contribution in [0.25, 0.3) is 0 Å². The Labute approximate surface area is 177 Å². The first-order chi connectivity index (χ1) is 14.2. The molecule has 3 N–H and O–H groups in total. The summed E-state index contributed by atoms with van der Waals surface area (Å²) in [6.07, 6.45) is 10.6. The average molecular weight is 419 g/mol. The number of nitrogens with zero attached hydrogens (tertiary/aromatic N) is 1. The van der Waals surface area contributed by atoms with Gasteiger partial charge in [0.05, 0.1) is 11.8 Å². The number of nitrogens with one attached hydrogen (secondary N) is 1. The zero-order chi connectivity index (χ0) is 21.5. The number of carbonyl (C=O) groups excluding carboxylic acids is 1. The number of carboxylic acids is 1. The van der Waals surface area contributed by atoms with Crippen molar-refractivity contribution < 1.29 is 24.6 Å². The molecule has 0 radical (unpaired) electrons. The third-order valence-electron chi connectivity index (χ3n) is 8.74. The molecule has 1 amide bonds. The normalized spacial score (nSPS) is 41.3. The van der Waals surface area contributed by atoms with Crippen molar-refractivity contribution in [2.75, 3.05) is 13.2 Å². The van der Waals surface area contributed by atoms with Crippen molar-refractivity contribution in [3.8, 4) is 0 Å². The zero-order valence-electron chi connectivity index (χ0n) is 18.0. The van der Waals surface area contributed by atoms with Crippen LogP contribution in [0.3, 0.4) is 0 Å². The molecule has 6 atom stereocenters. The predicted molar refractivity (Wildman–Crippen MR) is 112 cm³/mol.